The van der Waals surface area contributed by atoms with Gasteiger partial charge in [0.2, 0.25) is 0 Å². The summed E-state index contributed by atoms with van der Waals surface area (Å²) in [5.74, 6) is -1.45. The molecule has 0 unspecified atom stereocenters. The number of carbonyl (C=O) groups excluding carboxylic acids is 1. The number of hydrogen-bond acceptors (Lipinski definition) is 2. The number of carbonyl (C=O) groups is 1. The zero-order chi connectivity index (χ0) is 16.6. The number of fused-ring (bicyclic) bond motifs is 1. The second-order valence-electron chi connectivity index (χ2n) is 5.01. The molecule has 2 heterocycles. The van der Waals surface area contributed by atoms with Crippen molar-refractivity contribution in [3.63, 3.8) is 0 Å². The molecule has 0 aliphatic carbocycles. The van der Waals surface area contributed by atoms with Crippen LogP contribution < -0.4 is 5.32 Å². The molecule has 0 fully saturated rings. The predicted molar refractivity (Wildman–Crippen MR) is 91.0 cm³/mol. The minimum absolute atomic E-state index is 0.158. The number of halogens is 3. The van der Waals surface area contributed by atoms with Gasteiger partial charge < -0.3 is 9.88 Å². The van der Waals surface area contributed by atoms with Gasteiger partial charge in [0.15, 0.2) is 0 Å². The van der Waals surface area contributed by atoms with E-state index < -0.39 is 11.6 Å². The second kappa shape index (κ2) is 6.41. The molecule has 0 saturated heterocycles. The van der Waals surface area contributed by atoms with E-state index in [2.05, 4.69) is 21.2 Å². The van der Waals surface area contributed by atoms with Crippen LogP contribution in [0.3, 0.4) is 0 Å². The van der Waals surface area contributed by atoms with Crippen molar-refractivity contribution in [3.8, 4) is 0 Å². The van der Waals surface area contributed by atoms with Crippen molar-refractivity contribution in [1.29, 1.82) is 0 Å². The molecule has 0 atom stereocenters. The summed E-state index contributed by atoms with van der Waals surface area (Å²) in [6.45, 7) is 2.50. The number of nitrogens with one attached hydrogen (secondary N) is 1. The molecule has 23 heavy (non-hydrogen) atoms. The summed E-state index contributed by atoms with van der Waals surface area (Å²) >= 11 is 4.92. The molecule has 0 radical (unpaired) electrons. The van der Waals surface area contributed by atoms with E-state index in [1.807, 2.05) is 13.0 Å². The lowest BCUT2D eigenvalue weighted by molar-refractivity contribution is 0.0947. The minimum atomic E-state index is -0.622. The second-order valence-corrected chi connectivity index (χ2v) is 7.47. The summed E-state index contributed by atoms with van der Waals surface area (Å²) in [6, 6.07) is 7.15. The average molecular weight is 399 g/mol. The van der Waals surface area contributed by atoms with Gasteiger partial charge in [0.25, 0.3) is 5.91 Å². The number of aromatic nitrogens is 1. The highest BCUT2D eigenvalue weighted by molar-refractivity contribution is 9.11. The molecule has 0 saturated carbocycles. The standard InChI is InChI=1S/C16H13BrF2N2OS/c1-2-20-16(22)13-6-14-12(7-15(17)23-14)21(13)8-9-3-4-10(18)5-11(9)19/h3-7H,2,8H2,1H3,(H,20,22). The molecule has 3 aromatic rings. The SMILES string of the molecule is CCNC(=O)c1cc2sc(Br)cc2n1Cc1ccc(F)cc1F. The van der Waals surface area contributed by atoms with Gasteiger partial charge in [0.1, 0.15) is 17.3 Å². The molecule has 1 amide bonds. The maximum Gasteiger partial charge on any atom is 0.267 e. The molecule has 120 valence electrons. The normalized spacial score (nSPS) is 11.1. The summed E-state index contributed by atoms with van der Waals surface area (Å²) in [4.78, 5) is 12.3. The smallest absolute Gasteiger partial charge is 0.267 e. The van der Waals surface area contributed by atoms with E-state index in [9.17, 15) is 13.6 Å². The Labute approximate surface area is 144 Å². The number of nitrogens with zero attached hydrogens (tertiary/aromatic N) is 1. The van der Waals surface area contributed by atoms with Crippen molar-refractivity contribution in [2.24, 2.45) is 0 Å². The molecule has 1 N–H and O–H groups in total. The fourth-order valence-electron chi connectivity index (χ4n) is 2.44. The van der Waals surface area contributed by atoms with Gasteiger partial charge >= 0.3 is 0 Å². The zero-order valence-electron chi connectivity index (χ0n) is 12.2. The topological polar surface area (TPSA) is 34.0 Å². The van der Waals surface area contributed by atoms with E-state index in [1.165, 1.54) is 23.5 Å². The molecule has 2 aromatic heterocycles. The first-order valence-electron chi connectivity index (χ1n) is 7.00. The first-order chi connectivity index (χ1) is 11.0. The first kappa shape index (κ1) is 16.1. The van der Waals surface area contributed by atoms with E-state index in [0.717, 1.165) is 20.1 Å². The summed E-state index contributed by atoms with van der Waals surface area (Å²) < 4.78 is 30.7. The molecular formula is C16H13BrF2N2OS. The van der Waals surface area contributed by atoms with Crippen molar-refractivity contribution >= 4 is 43.4 Å². The highest BCUT2D eigenvalue weighted by Crippen LogP contribution is 2.33. The third-order valence-electron chi connectivity index (χ3n) is 3.47. The van der Waals surface area contributed by atoms with Crippen LogP contribution in [0, 0.1) is 11.6 Å². The van der Waals surface area contributed by atoms with Crippen LogP contribution in [0.1, 0.15) is 23.0 Å². The van der Waals surface area contributed by atoms with Gasteiger partial charge in [-0.3, -0.25) is 4.79 Å². The van der Waals surface area contributed by atoms with Crippen molar-refractivity contribution in [2.45, 2.75) is 13.5 Å². The van der Waals surface area contributed by atoms with Crippen molar-refractivity contribution < 1.29 is 13.6 Å². The number of rotatable bonds is 4. The van der Waals surface area contributed by atoms with Crippen LogP contribution in [0.4, 0.5) is 8.78 Å². The van der Waals surface area contributed by atoms with Gasteiger partial charge in [-0.05, 0) is 41.1 Å². The van der Waals surface area contributed by atoms with Gasteiger partial charge in [-0.2, -0.15) is 0 Å². The number of benzene rings is 1. The minimum Gasteiger partial charge on any atom is -0.351 e. The van der Waals surface area contributed by atoms with Crippen LogP contribution in [0.15, 0.2) is 34.1 Å². The average Bonchev–Trinajstić information content (AvgIpc) is 2.99. The molecule has 0 aliphatic rings. The Bertz CT molecular complexity index is 888. The number of hydrogen-bond donors (Lipinski definition) is 1. The third-order valence-corrected chi connectivity index (χ3v) is 5.05. The van der Waals surface area contributed by atoms with E-state index in [-0.39, 0.29) is 12.5 Å². The predicted octanol–water partition coefficient (Wildman–Crippen LogP) is 4.54. The Balaban J connectivity index is 2.09. The quantitative estimate of drug-likeness (QED) is 0.687. The summed E-state index contributed by atoms with van der Waals surface area (Å²) in [5.41, 5.74) is 1.63. The summed E-state index contributed by atoms with van der Waals surface area (Å²) in [7, 11) is 0. The van der Waals surface area contributed by atoms with E-state index in [0.29, 0.717) is 17.8 Å². The molecule has 3 nitrogen and oxygen atoms in total. The Morgan fingerprint density at radius 2 is 2.09 bits per heavy atom. The fourth-order valence-corrected chi connectivity index (χ4v) is 4.01. The molecular weight excluding hydrogens is 386 g/mol. The van der Waals surface area contributed by atoms with Gasteiger partial charge in [0, 0.05) is 18.2 Å². The molecule has 0 aliphatic heterocycles. The Morgan fingerprint density at radius 3 is 2.78 bits per heavy atom. The van der Waals surface area contributed by atoms with Crippen LogP contribution in [0.2, 0.25) is 0 Å². The highest BCUT2D eigenvalue weighted by atomic mass is 79.9. The molecule has 1 aromatic carbocycles. The lowest BCUT2D eigenvalue weighted by Gasteiger charge is -2.11. The fraction of sp³-hybridized carbons (Fsp3) is 0.188. The van der Waals surface area contributed by atoms with Crippen molar-refractivity contribution in [1.82, 2.24) is 9.88 Å². The van der Waals surface area contributed by atoms with Crippen LogP contribution in [0.5, 0.6) is 0 Å². The zero-order valence-corrected chi connectivity index (χ0v) is 14.6. The molecule has 7 heteroatoms. The lowest BCUT2D eigenvalue weighted by atomic mass is 10.2. The van der Waals surface area contributed by atoms with Gasteiger partial charge in [-0.25, -0.2) is 8.78 Å². The monoisotopic (exact) mass is 398 g/mol. The summed E-state index contributed by atoms with van der Waals surface area (Å²) in [5, 5.41) is 2.76. The van der Waals surface area contributed by atoms with Crippen LogP contribution in [0.25, 0.3) is 10.2 Å². The van der Waals surface area contributed by atoms with Gasteiger partial charge in [-0.15, -0.1) is 11.3 Å². The molecule has 3 rings (SSSR count). The lowest BCUT2D eigenvalue weighted by Crippen LogP contribution is -2.25. The van der Waals surface area contributed by atoms with Crippen molar-refractivity contribution in [3.05, 3.63) is 57.0 Å². The van der Waals surface area contributed by atoms with Gasteiger partial charge in [0.05, 0.1) is 20.5 Å². The largest absolute Gasteiger partial charge is 0.351 e. The Morgan fingerprint density at radius 1 is 1.30 bits per heavy atom. The Hall–Kier alpha value is -1.73. The van der Waals surface area contributed by atoms with E-state index in [1.54, 1.807) is 10.6 Å². The number of thiophene rings is 1. The maximum absolute atomic E-state index is 14.0. The van der Waals surface area contributed by atoms with Crippen LogP contribution in [-0.2, 0) is 6.54 Å². The van der Waals surface area contributed by atoms with Crippen LogP contribution >= 0.6 is 27.3 Å². The van der Waals surface area contributed by atoms with Crippen molar-refractivity contribution in [2.75, 3.05) is 6.54 Å². The third kappa shape index (κ3) is 3.16. The highest BCUT2D eigenvalue weighted by Gasteiger charge is 2.18. The molecule has 0 bridgehead atoms. The van der Waals surface area contributed by atoms with E-state index in [4.69, 9.17) is 0 Å². The molecule has 0 spiro atoms. The Kier molecular flexibility index (Phi) is 4.50. The first-order valence-corrected chi connectivity index (χ1v) is 8.61. The number of amides is 1. The maximum atomic E-state index is 14.0. The van der Waals surface area contributed by atoms with Crippen LogP contribution in [-0.4, -0.2) is 17.0 Å². The van der Waals surface area contributed by atoms with Gasteiger partial charge in [-0.1, -0.05) is 6.07 Å². The summed E-state index contributed by atoms with van der Waals surface area (Å²) in [6.07, 6.45) is 0. The van der Waals surface area contributed by atoms with E-state index >= 15 is 0 Å².